The molecule has 108 valence electrons. The first-order valence-corrected chi connectivity index (χ1v) is 7.50. The molecule has 5 nitrogen and oxygen atoms in total. The van der Waals surface area contributed by atoms with Crippen molar-refractivity contribution < 1.29 is 4.79 Å². The Morgan fingerprint density at radius 1 is 1.32 bits per heavy atom. The molecular formula is C16H12N4OS. The fourth-order valence-electron chi connectivity index (χ4n) is 2.39. The first kappa shape index (κ1) is 14.2. The summed E-state index contributed by atoms with van der Waals surface area (Å²) in [5.74, 6) is 0.0483. The van der Waals surface area contributed by atoms with Gasteiger partial charge in [-0.1, -0.05) is 11.3 Å². The standard InChI is InChI=1S/C16H12N4OS/c1-9-5-11(13-3-4-22-16(13)10(2)21)7-12(6-9)15-14(8-17)18-20-19-15/h3-7H,1-2H3,(H,18,19,20). The number of aryl methyl sites for hydroxylation is 1. The van der Waals surface area contributed by atoms with E-state index in [9.17, 15) is 4.79 Å². The van der Waals surface area contributed by atoms with E-state index in [0.717, 1.165) is 27.1 Å². The Kier molecular flexibility index (Phi) is 3.57. The number of aromatic amines is 1. The molecule has 2 heterocycles. The van der Waals surface area contributed by atoms with Gasteiger partial charge in [0.1, 0.15) is 11.8 Å². The molecule has 3 rings (SSSR count). The van der Waals surface area contributed by atoms with Crippen LogP contribution in [0.5, 0.6) is 0 Å². The van der Waals surface area contributed by atoms with Crippen molar-refractivity contribution in [1.29, 1.82) is 5.26 Å². The van der Waals surface area contributed by atoms with Crippen LogP contribution in [0.25, 0.3) is 22.4 Å². The molecule has 0 radical (unpaired) electrons. The van der Waals surface area contributed by atoms with E-state index in [-0.39, 0.29) is 5.78 Å². The number of rotatable bonds is 3. The number of ketones is 1. The third kappa shape index (κ3) is 2.43. The summed E-state index contributed by atoms with van der Waals surface area (Å²) in [5, 5.41) is 21.3. The Hall–Kier alpha value is -2.78. The molecule has 0 aliphatic carbocycles. The summed E-state index contributed by atoms with van der Waals surface area (Å²) >= 11 is 1.43. The van der Waals surface area contributed by atoms with Crippen LogP contribution in [0.15, 0.2) is 29.6 Å². The molecular weight excluding hydrogens is 296 g/mol. The second kappa shape index (κ2) is 5.54. The zero-order valence-electron chi connectivity index (χ0n) is 12.0. The lowest BCUT2D eigenvalue weighted by atomic mass is 9.98. The summed E-state index contributed by atoms with van der Waals surface area (Å²) in [4.78, 5) is 12.5. The minimum absolute atomic E-state index is 0.0483. The Morgan fingerprint density at radius 3 is 2.82 bits per heavy atom. The van der Waals surface area contributed by atoms with Crippen molar-refractivity contribution in [2.24, 2.45) is 0 Å². The molecule has 0 bridgehead atoms. The van der Waals surface area contributed by atoms with E-state index in [1.54, 1.807) is 6.92 Å². The minimum Gasteiger partial charge on any atom is -0.294 e. The highest BCUT2D eigenvalue weighted by molar-refractivity contribution is 7.12. The van der Waals surface area contributed by atoms with Crippen molar-refractivity contribution >= 4 is 17.1 Å². The molecule has 3 aromatic rings. The number of nitrogens with one attached hydrogen (secondary N) is 1. The monoisotopic (exact) mass is 308 g/mol. The molecule has 0 fully saturated rings. The Bertz CT molecular complexity index is 901. The highest BCUT2D eigenvalue weighted by atomic mass is 32.1. The first-order chi connectivity index (χ1) is 10.6. The average Bonchev–Trinajstić information content (AvgIpc) is 3.15. The maximum atomic E-state index is 11.7. The minimum atomic E-state index is 0.0483. The molecule has 0 unspecified atom stereocenters. The lowest BCUT2D eigenvalue weighted by Gasteiger charge is -2.06. The molecule has 0 amide bonds. The van der Waals surface area contributed by atoms with Crippen LogP contribution in [0.4, 0.5) is 0 Å². The number of hydrogen-bond donors (Lipinski definition) is 1. The highest BCUT2D eigenvalue weighted by Gasteiger charge is 2.15. The van der Waals surface area contributed by atoms with Crippen LogP contribution in [0.2, 0.25) is 0 Å². The van der Waals surface area contributed by atoms with Crippen LogP contribution in [0, 0.1) is 18.3 Å². The summed E-state index contributed by atoms with van der Waals surface area (Å²) in [5.41, 5.74) is 4.53. The summed E-state index contributed by atoms with van der Waals surface area (Å²) in [6.07, 6.45) is 0. The average molecular weight is 308 g/mol. The zero-order valence-corrected chi connectivity index (χ0v) is 12.9. The Morgan fingerprint density at radius 2 is 2.09 bits per heavy atom. The van der Waals surface area contributed by atoms with Gasteiger partial charge in [-0.25, -0.2) is 5.10 Å². The topological polar surface area (TPSA) is 82.4 Å². The lowest BCUT2D eigenvalue weighted by molar-refractivity contribution is 0.102. The van der Waals surface area contributed by atoms with Crippen LogP contribution >= 0.6 is 11.3 Å². The van der Waals surface area contributed by atoms with Crippen LogP contribution < -0.4 is 0 Å². The maximum absolute atomic E-state index is 11.7. The predicted octanol–water partition coefficient (Wildman–Crippen LogP) is 3.58. The number of hydrogen-bond acceptors (Lipinski definition) is 5. The second-order valence-corrected chi connectivity index (χ2v) is 5.87. The van der Waals surface area contributed by atoms with Crippen LogP contribution in [0.3, 0.4) is 0 Å². The van der Waals surface area contributed by atoms with E-state index in [2.05, 4.69) is 15.4 Å². The van der Waals surface area contributed by atoms with Gasteiger partial charge >= 0.3 is 0 Å². The van der Waals surface area contributed by atoms with Crippen molar-refractivity contribution in [3.8, 4) is 28.5 Å². The fraction of sp³-hybridized carbons (Fsp3) is 0.125. The van der Waals surface area contributed by atoms with Crippen molar-refractivity contribution in [3.63, 3.8) is 0 Å². The summed E-state index contributed by atoms with van der Waals surface area (Å²) in [7, 11) is 0. The fourth-order valence-corrected chi connectivity index (χ4v) is 3.21. The van der Waals surface area contributed by atoms with Gasteiger partial charge in [0.05, 0.1) is 4.88 Å². The molecule has 0 aliphatic rings. The highest BCUT2D eigenvalue weighted by Crippen LogP contribution is 2.32. The van der Waals surface area contributed by atoms with E-state index in [0.29, 0.717) is 11.4 Å². The third-order valence-corrected chi connectivity index (χ3v) is 4.32. The van der Waals surface area contributed by atoms with Crippen molar-refractivity contribution in [3.05, 3.63) is 45.8 Å². The van der Waals surface area contributed by atoms with Gasteiger partial charge in [0.25, 0.3) is 0 Å². The van der Waals surface area contributed by atoms with Gasteiger partial charge in [0.2, 0.25) is 0 Å². The number of H-pyrrole nitrogens is 1. The van der Waals surface area contributed by atoms with E-state index < -0.39 is 0 Å². The number of nitrogens with zero attached hydrogens (tertiary/aromatic N) is 3. The second-order valence-electron chi connectivity index (χ2n) is 4.95. The van der Waals surface area contributed by atoms with Gasteiger partial charge < -0.3 is 0 Å². The van der Waals surface area contributed by atoms with Gasteiger partial charge in [-0.2, -0.15) is 5.26 Å². The summed E-state index contributed by atoms with van der Waals surface area (Å²) < 4.78 is 0. The smallest absolute Gasteiger partial charge is 0.170 e. The number of thiophene rings is 1. The lowest BCUT2D eigenvalue weighted by Crippen LogP contribution is -1.92. The largest absolute Gasteiger partial charge is 0.294 e. The van der Waals surface area contributed by atoms with Crippen molar-refractivity contribution in [1.82, 2.24) is 15.4 Å². The number of Topliss-reactive ketones (excluding diaryl/α,β-unsaturated/α-hetero) is 1. The van der Waals surface area contributed by atoms with Gasteiger partial charge in [-0.05, 0) is 48.6 Å². The van der Waals surface area contributed by atoms with E-state index in [4.69, 9.17) is 5.26 Å². The van der Waals surface area contributed by atoms with E-state index in [1.807, 2.05) is 42.6 Å². The summed E-state index contributed by atoms with van der Waals surface area (Å²) in [6, 6.07) is 9.88. The van der Waals surface area contributed by atoms with E-state index in [1.165, 1.54) is 11.3 Å². The molecule has 0 saturated carbocycles. The number of carbonyl (C=O) groups is 1. The SMILES string of the molecule is CC(=O)c1sccc1-c1cc(C)cc(-c2nn[nH]c2C#N)c1. The van der Waals surface area contributed by atoms with Crippen LogP contribution in [-0.4, -0.2) is 21.2 Å². The normalized spacial score (nSPS) is 10.4. The van der Waals surface area contributed by atoms with Gasteiger partial charge in [0, 0.05) is 11.1 Å². The molecule has 22 heavy (non-hydrogen) atoms. The van der Waals surface area contributed by atoms with Gasteiger partial charge in [-0.15, -0.1) is 16.4 Å². The molecule has 0 aliphatic heterocycles. The number of aromatic nitrogens is 3. The molecule has 1 N–H and O–H groups in total. The Labute approximate surface area is 131 Å². The third-order valence-electron chi connectivity index (χ3n) is 3.31. The molecule has 0 atom stereocenters. The number of benzene rings is 1. The van der Waals surface area contributed by atoms with Crippen LogP contribution in [0.1, 0.15) is 27.9 Å². The van der Waals surface area contributed by atoms with Gasteiger partial charge in [-0.3, -0.25) is 4.79 Å². The molecule has 2 aromatic heterocycles. The molecule has 0 spiro atoms. The molecule has 1 aromatic carbocycles. The van der Waals surface area contributed by atoms with Crippen molar-refractivity contribution in [2.45, 2.75) is 13.8 Å². The zero-order chi connectivity index (χ0) is 15.7. The molecule has 0 saturated heterocycles. The predicted molar refractivity (Wildman–Crippen MR) is 84.6 cm³/mol. The molecule has 6 heteroatoms. The maximum Gasteiger partial charge on any atom is 0.170 e. The number of carbonyl (C=O) groups excluding carboxylic acids is 1. The van der Waals surface area contributed by atoms with Gasteiger partial charge in [0.15, 0.2) is 11.5 Å². The van der Waals surface area contributed by atoms with Crippen LogP contribution in [-0.2, 0) is 0 Å². The summed E-state index contributed by atoms with van der Waals surface area (Å²) in [6.45, 7) is 3.54. The Balaban J connectivity index is 2.18. The van der Waals surface area contributed by atoms with E-state index >= 15 is 0 Å². The first-order valence-electron chi connectivity index (χ1n) is 6.62. The van der Waals surface area contributed by atoms with Crippen molar-refractivity contribution in [2.75, 3.05) is 0 Å². The number of nitriles is 1. The quantitative estimate of drug-likeness (QED) is 0.750.